The first-order valence-electron chi connectivity index (χ1n) is 8.50. The maximum atomic E-state index is 14.5. The van der Waals surface area contributed by atoms with E-state index in [-0.39, 0.29) is 4.90 Å². The average Bonchev–Trinajstić information content (AvgIpc) is 2.58. The van der Waals surface area contributed by atoms with Gasteiger partial charge in [-0.15, -0.1) is 0 Å². The van der Waals surface area contributed by atoms with Crippen LogP contribution in [0.1, 0.15) is 20.8 Å². The van der Waals surface area contributed by atoms with Gasteiger partial charge in [0.25, 0.3) is 12.1 Å². The highest BCUT2D eigenvalue weighted by atomic mass is 19.4. The smallest absolute Gasteiger partial charge is 0.363 e. The van der Waals surface area contributed by atoms with E-state index < -0.39 is 74.9 Å². The Balaban J connectivity index is 2.78. The largest absolute Gasteiger partial charge is 0.460 e. The number of rotatable bonds is 7. The Labute approximate surface area is 159 Å². The summed E-state index contributed by atoms with van der Waals surface area (Å²) in [7, 11) is 0. The minimum absolute atomic E-state index is 0.120. The van der Waals surface area contributed by atoms with Crippen molar-refractivity contribution >= 4 is 0 Å². The van der Waals surface area contributed by atoms with E-state index in [0.717, 1.165) is 11.8 Å². The molecule has 0 bridgehead atoms. The second kappa shape index (κ2) is 8.69. The van der Waals surface area contributed by atoms with E-state index >= 15 is 0 Å². The molecule has 0 spiro atoms. The molecule has 0 saturated carbocycles. The van der Waals surface area contributed by atoms with Gasteiger partial charge in [-0.05, 0) is 20.8 Å². The van der Waals surface area contributed by atoms with Crippen molar-refractivity contribution in [3.8, 4) is 0 Å². The van der Waals surface area contributed by atoms with Crippen molar-refractivity contribution in [1.29, 1.82) is 0 Å². The lowest BCUT2D eigenvalue weighted by molar-refractivity contribution is -0.287. The fraction of sp³-hybridized carbons (Fsp3) is 1.00. The van der Waals surface area contributed by atoms with Crippen molar-refractivity contribution in [2.24, 2.45) is 0 Å². The van der Waals surface area contributed by atoms with Crippen LogP contribution in [0.15, 0.2) is 0 Å². The SMILES string of the molecule is CC(OC(C)C(F)(F)C(F)C(F)(F)F)C(F)(F)C(C)N1CCN(C(F)(F)F)CC1. The summed E-state index contributed by atoms with van der Waals surface area (Å²) in [6, 6.07) is -1.77. The molecule has 14 heteroatoms. The van der Waals surface area contributed by atoms with Gasteiger partial charge < -0.3 is 4.74 Å². The summed E-state index contributed by atoms with van der Waals surface area (Å²) in [6.45, 7) is -0.122. The van der Waals surface area contributed by atoms with Crippen LogP contribution >= 0.6 is 0 Å². The van der Waals surface area contributed by atoms with Crippen molar-refractivity contribution in [2.75, 3.05) is 26.2 Å². The van der Waals surface area contributed by atoms with E-state index in [1.807, 2.05) is 0 Å². The van der Waals surface area contributed by atoms with Gasteiger partial charge in [0.1, 0.15) is 12.2 Å². The van der Waals surface area contributed by atoms with Crippen LogP contribution in [0.3, 0.4) is 0 Å². The van der Waals surface area contributed by atoms with E-state index in [9.17, 15) is 48.3 Å². The molecule has 174 valence electrons. The standard InChI is InChI=1S/C15H21F11N2O/c1-8(27-4-6-28(7-5-27)15(24,25)26)12(17,18)9(2)29-10(3)13(19,20)11(16)14(21,22)23/h8-11H,4-7H2,1-3H3. The predicted molar refractivity (Wildman–Crippen MR) is 79.5 cm³/mol. The van der Waals surface area contributed by atoms with Gasteiger partial charge in [-0.1, -0.05) is 0 Å². The Bertz CT molecular complexity index is 529. The molecule has 1 aliphatic rings. The molecule has 0 aromatic rings. The summed E-state index contributed by atoms with van der Waals surface area (Å²) < 4.78 is 148. The van der Waals surface area contributed by atoms with Gasteiger partial charge in [-0.25, -0.2) is 26.9 Å². The van der Waals surface area contributed by atoms with Gasteiger partial charge in [-0.2, -0.15) is 26.3 Å². The molecule has 0 amide bonds. The Kier molecular flexibility index (Phi) is 7.84. The predicted octanol–water partition coefficient (Wildman–Crippen LogP) is 4.48. The summed E-state index contributed by atoms with van der Waals surface area (Å²) in [4.78, 5) is 1.11. The van der Waals surface area contributed by atoms with Crippen LogP contribution in [0.25, 0.3) is 0 Å². The van der Waals surface area contributed by atoms with E-state index in [1.54, 1.807) is 0 Å². The van der Waals surface area contributed by atoms with Crippen LogP contribution in [-0.2, 0) is 4.74 Å². The Morgan fingerprint density at radius 2 is 1.10 bits per heavy atom. The third-order valence-corrected chi connectivity index (χ3v) is 4.90. The quantitative estimate of drug-likeness (QED) is 0.417. The van der Waals surface area contributed by atoms with E-state index in [2.05, 4.69) is 4.74 Å². The molecule has 1 fully saturated rings. The van der Waals surface area contributed by atoms with Gasteiger partial charge in [0.15, 0.2) is 0 Å². The van der Waals surface area contributed by atoms with Crippen molar-refractivity contribution in [2.45, 2.75) is 69.5 Å². The van der Waals surface area contributed by atoms with Gasteiger partial charge in [0, 0.05) is 26.2 Å². The first-order valence-corrected chi connectivity index (χ1v) is 8.50. The third-order valence-electron chi connectivity index (χ3n) is 4.90. The highest BCUT2D eigenvalue weighted by Gasteiger charge is 2.61. The molecule has 1 saturated heterocycles. The number of hydrogen-bond donors (Lipinski definition) is 0. The summed E-state index contributed by atoms with van der Waals surface area (Å²) in [5.41, 5.74) is 0. The fourth-order valence-electron chi connectivity index (χ4n) is 2.86. The lowest BCUT2D eigenvalue weighted by Crippen LogP contribution is -2.60. The lowest BCUT2D eigenvalue weighted by Gasteiger charge is -2.42. The monoisotopic (exact) mass is 454 g/mol. The summed E-state index contributed by atoms with van der Waals surface area (Å²) in [6.07, 6.45) is -20.4. The van der Waals surface area contributed by atoms with Crippen molar-refractivity contribution in [3.63, 3.8) is 0 Å². The molecule has 29 heavy (non-hydrogen) atoms. The number of hydrogen-bond acceptors (Lipinski definition) is 3. The van der Waals surface area contributed by atoms with Gasteiger partial charge in [0.05, 0.1) is 6.04 Å². The molecule has 0 aromatic heterocycles. The molecular weight excluding hydrogens is 433 g/mol. The molecule has 3 nitrogen and oxygen atoms in total. The molecule has 4 unspecified atom stereocenters. The van der Waals surface area contributed by atoms with Gasteiger partial charge >= 0.3 is 18.4 Å². The lowest BCUT2D eigenvalue weighted by atomic mass is 10.0. The summed E-state index contributed by atoms with van der Waals surface area (Å²) in [5.74, 6) is -9.04. The molecule has 0 N–H and O–H groups in total. The van der Waals surface area contributed by atoms with Crippen LogP contribution in [0, 0.1) is 0 Å². The van der Waals surface area contributed by atoms with Crippen molar-refractivity contribution in [3.05, 3.63) is 0 Å². The third kappa shape index (κ3) is 6.06. The highest BCUT2D eigenvalue weighted by Crippen LogP contribution is 2.40. The number of alkyl halides is 11. The topological polar surface area (TPSA) is 15.7 Å². The number of halogens is 11. The summed E-state index contributed by atoms with van der Waals surface area (Å²) >= 11 is 0. The minimum atomic E-state index is -5.92. The number of ether oxygens (including phenoxy) is 1. The van der Waals surface area contributed by atoms with Crippen LogP contribution in [0.4, 0.5) is 48.3 Å². The number of piperazine rings is 1. The van der Waals surface area contributed by atoms with Crippen LogP contribution < -0.4 is 0 Å². The molecular formula is C15H21F11N2O. The molecule has 1 heterocycles. The Hall–Kier alpha value is -0.890. The molecule has 0 aliphatic carbocycles. The maximum absolute atomic E-state index is 14.5. The Morgan fingerprint density at radius 1 is 0.690 bits per heavy atom. The molecule has 4 atom stereocenters. The average molecular weight is 454 g/mol. The van der Waals surface area contributed by atoms with Gasteiger partial charge in [-0.3, -0.25) is 4.90 Å². The maximum Gasteiger partial charge on any atom is 0.460 e. The molecule has 1 rings (SSSR count). The first-order chi connectivity index (χ1) is 12.8. The molecule has 0 aromatic carbocycles. The fourth-order valence-corrected chi connectivity index (χ4v) is 2.86. The number of nitrogens with zero attached hydrogens (tertiary/aromatic N) is 2. The van der Waals surface area contributed by atoms with Crippen LogP contribution in [0.5, 0.6) is 0 Å². The van der Waals surface area contributed by atoms with Crippen molar-refractivity contribution < 1.29 is 53.0 Å². The second-order valence-corrected chi connectivity index (χ2v) is 6.84. The minimum Gasteiger partial charge on any atom is -0.363 e. The zero-order valence-electron chi connectivity index (χ0n) is 15.6. The Morgan fingerprint density at radius 3 is 1.48 bits per heavy atom. The second-order valence-electron chi connectivity index (χ2n) is 6.84. The van der Waals surface area contributed by atoms with E-state index in [4.69, 9.17) is 0 Å². The molecule has 1 aliphatic heterocycles. The highest BCUT2D eigenvalue weighted by molar-refractivity contribution is 4.93. The van der Waals surface area contributed by atoms with Gasteiger partial charge in [0.2, 0.25) is 0 Å². The van der Waals surface area contributed by atoms with E-state index in [0.29, 0.717) is 13.8 Å². The normalized spacial score (nSPS) is 23.0. The van der Waals surface area contributed by atoms with Crippen LogP contribution in [-0.4, -0.2) is 84.7 Å². The summed E-state index contributed by atoms with van der Waals surface area (Å²) in [5, 5.41) is 0. The van der Waals surface area contributed by atoms with Crippen LogP contribution in [0.2, 0.25) is 0 Å². The first kappa shape index (κ1) is 26.1. The zero-order valence-corrected chi connectivity index (χ0v) is 15.6. The van der Waals surface area contributed by atoms with Crippen molar-refractivity contribution in [1.82, 2.24) is 9.80 Å². The van der Waals surface area contributed by atoms with E-state index in [1.165, 1.54) is 0 Å². The molecule has 0 radical (unpaired) electrons. The zero-order chi connectivity index (χ0) is 23.0.